The number of rotatable bonds is 8. The molecule has 1 unspecified atom stereocenters. The molecule has 2 heterocycles. The predicted octanol–water partition coefficient (Wildman–Crippen LogP) is 1.38. The first kappa shape index (κ1) is 20.7. The molecule has 1 aliphatic heterocycles. The lowest BCUT2D eigenvalue weighted by Crippen LogP contribution is -2.36. The highest BCUT2D eigenvalue weighted by Gasteiger charge is 2.15. The molecule has 0 saturated carbocycles. The molecular formula is C22H23N3O6. The van der Waals surface area contributed by atoms with Crippen LogP contribution in [-0.2, 0) is 11.3 Å². The fourth-order valence-corrected chi connectivity index (χ4v) is 3.26. The minimum atomic E-state index is -0.887. The Hall–Kier alpha value is -3.59. The van der Waals surface area contributed by atoms with Crippen molar-refractivity contribution in [3.8, 4) is 17.2 Å². The van der Waals surface area contributed by atoms with Gasteiger partial charge in [0.05, 0.1) is 17.2 Å². The number of aromatic nitrogens is 2. The van der Waals surface area contributed by atoms with E-state index in [-0.39, 0.29) is 44.4 Å². The Morgan fingerprint density at radius 3 is 3.00 bits per heavy atom. The third kappa shape index (κ3) is 4.77. The third-order valence-corrected chi connectivity index (χ3v) is 4.96. The van der Waals surface area contributed by atoms with Gasteiger partial charge in [-0.15, -0.1) is 0 Å². The predicted molar refractivity (Wildman–Crippen MR) is 112 cm³/mol. The standard InChI is InChI=1S/C22H23N3O6/c1-14-3-2-4-17-21(14)24-12-25(22(17)28)8-7-20(27)23-10-15(26)11-29-16-5-6-18-19(9-16)31-13-30-18/h2-6,9,12,15,26H,7-8,10-11,13H2,1H3,(H,23,27). The number of aliphatic hydroxyl groups is 1. The maximum Gasteiger partial charge on any atom is 0.261 e. The number of ether oxygens (including phenoxy) is 3. The highest BCUT2D eigenvalue weighted by molar-refractivity contribution is 5.80. The molecule has 9 nitrogen and oxygen atoms in total. The summed E-state index contributed by atoms with van der Waals surface area (Å²) in [5.41, 5.74) is 1.41. The Bertz CT molecular complexity index is 1160. The lowest BCUT2D eigenvalue weighted by Gasteiger charge is -2.14. The number of nitrogens with one attached hydrogen (secondary N) is 1. The SMILES string of the molecule is Cc1cccc2c(=O)n(CCC(=O)NCC(O)COc3ccc4c(c3)OCO4)cnc12. The fraction of sp³-hybridized carbons (Fsp3) is 0.318. The van der Waals surface area contributed by atoms with Crippen LogP contribution in [0.15, 0.2) is 47.5 Å². The van der Waals surface area contributed by atoms with E-state index in [1.165, 1.54) is 10.9 Å². The van der Waals surface area contributed by atoms with E-state index in [4.69, 9.17) is 14.2 Å². The molecule has 1 atom stereocenters. The van der Waals surface area contributed by atoms with E-state index in [1.807, 2.05) is 19.1 Å². The van der Waals surface area contributed by atoms with Crippen LogP contribution < -0.4 is 25.1 Å². The van der Waals surface area contributed by atoms with E-state index < -0.39 is 6.10 Å². The van der Waals surface area contributed by atoms with Crippen LogP contribution >= 0.6 is 0 Å². The molecule has 0 aliphatic carbocycles. The molecule has 0 saturated heterocycles. The average molecular weight is 425 g/mol. The summed E-state index contributed by atoms with van der Waals surface area (Å²) >= 11 is 0. The van der Waals surface area contributed by atoms with Crippen LogP contribution in [0, 0.1) is 6.92 Å². The molecule has 2 aromatic carbocycles. The summed E-state index contributed by atoms with van der Waals surface area (Å²) in [6.07, 6.45) is 0.663. The van der Waals surface area contributed by atoms with Crippen molar-refractivity contribution < 1.29 is 24.1 Å². The zero-order valence-corrected chi connectivity index (χ0v) is 17.0. The number of hydrogen-bond donors (Lipinski definition) is 2. The van der Waals surface area contributed by atoms with Crippen LogP contribution in [0.1, 0.15) is 12.0 Å². The molecule has 1 aliphatic rings. The third-order valence-electron chi connectivity index (χ3n) is 4.96. The van der Waals surface area contributed by atoms with E-state index in [0.29, 0.717) is 28.2 Å². The highest BCUT2D eigenvalue weighted by atomic mass is 16.7. The number of benzene rings is 2. The van der Waals surface area contributed by atoms with Crippen molar-refractivity contribution in [3.63, 3.8) is 0 Å². The number of amides is 1. The summed E-state index contributed by atoms with van der Waals surface area (Å²) < 4.78 is 17.5. The van der Waals surface area contributed by atoms with E-state index in [0.717, 1.165) is 5.56 Å². The molecule has 0 bridgehead atoms. The summed E-state index contributed by atoms with van der Waals surface area (Å²) in [4.78, 5) is 29.0. The van der Waals surface area contributed by atoms with Crippen molar-refractivity contribution in [1.82, 2.24) is 14.9 Å². The van der Waals surface area contributed by atoms with Crippen molar-refractivity contribution in [2.45, 2.75) is 26.0 Å². The van der Waals surface area contributed by atoms with E-state index in [2.05, 4.69) is 10.3 Å². The molecule has 0 spiro atoms. The maximum atomic E-state index is 12.6. The number of fused-ring (bicyclic) bond motifs is 2. The van der Waals surface area contributed by atoms with Gasteiger partial charge in [0.25, 0.3) is 5.56 Å². The number of aliphatic hydroxyl groups excluding tert-OH is 1. The van der Waals surface area contributed by atoms with Gasteiger partial charge in [0.1, 0.15) is 18.5 Å². The average Bonchev–Trinajstić information content (AvgIpc) is 3.24. The van der Waals surface area contributed by atoms with E-state index >= 15 is 0 Å². The van der Waals surface area contributed by atoms with Gasteiger partial charge in [-0.05, 0) is 30.7 Å². The Morgan fingerprint density at radius 1 is 1.29 bits per heavy atom. The van der Waals surface area contributed by atoms with Gasteiger partial charge in [-0.3, -0.25) is 14.2 Å². The Balaban J connectivity index is 1.23. The van der Waals surface area contributed by atoms with Crippen molar-refractivity contribution in [2.75, 3.05) is 19.9 Å². The Morgan fingerprint density at radius 2 is 2.13 bits per heavy atom. The molecule has 9 heteroatoms. The second-order valence-corrected chi connectivity index (χ2v) is 7.25. The number of nitrogens with zero attached hydrogens (tertiary/aromatic N) is 2. The summed E-state index contributed by atoms with van der Waals surface area (Å²) in [6.45, 7) is 2.31. The monoisotopic (exact) mass is 425 g/mol. The molecule has 31 heavy (non-hydrogen) atoms. The Kier molecular flexibility index (Phi) is 6.03. The molecule has 0 radical (unpaired) electrons. The fourth-order valence-electron chi connectivity index (χ4n) is 3.26. The number of carbonyl (C=O) groups is 1. The summed E-state index contributed by atoms with van der Waals surface area (Å²) in [5, 5.41) is 13.2. The van der Waals surface area contributed by atoms with Gasteiger partial charge in [-0.2, -0.15) is 0 Å². The second kappa shape index (κ2) is 9.05. The molecule has 1 amide bonds. The van der Waals surface area contributed by atoms with Gasteiger partial charge in [0.2, 0.25) is 12.7 Å². The number of aryl methyl sites for hydroxylation is 2. The number of carbonyl (C=O) groups excluding carboxylic acids is 1. The van der Waals surface area contributed by atoms with E-state index in [1.54, 1.807) is 24.3 Å². The van der Waals surface area contributed by atoms with Crippen LogP contribution in [0.3, 0.4) is 0 Å². The van der Waals surface area contributed by atoms with Gasteiger partial charge in [-0.25, -0.2) is 4.98 Å². The van der Waals surface area contributed by atoms with Gasteiger partial charge >= 0.3 is 0 Å². The second-order valence-electron chi connectivity index (χ2n) is 7.25. The zero-order valence-electron chi connectivity index (χ0n) is 17.0. The molecule has 2 N–H and O–H groups in total. The first-order valence-corrected chi connectivity index (χ1v) is 9.93. The zero-order chi connectivity index (χ0) is 21.8. The first-order chi connectivity index (χ1) is 15.0. The van der Waals surface area contributed by atoms with Crippen molar-refractivity contribution in [3.05, 3.63) is 58.6 Å². The van der Waals surface area contributed by atoms with Crippen LogP contribution in [0.4, 0.5) is 0 Å². The lowest BCUT2D eigenvalue weighted by atomic mass is 10.1. The largest absolute Gasteiger partial charge is 0.491 e. The normalized spacial score (nSPS) is 13.2. The molecule has 1 aromatic heterocycles. The minimum Gasteiger partial charge on any atom is -0.491 e. The summed E-state index contributed by atoms with van der Waals surface area (Å²) in [6, 6.07) is 10.6. The molecular weight excluding hydrogens is 402 g/mol. The van der Waals surface area contributed by atoms with Gasteiger partial charge in [-0.1, -0.05) is 12.1 Å². The van der Waals surface area contributed by atoms with Gasteiger partial charge in [0, 0.05) is 25.6 Å². The Labute approximate surface area is 178 Å². The quantitative estimate of drug-likeness (QED) is 0.561. The lowest BCUT2D eigenvalue weighted by molar-refractivity contribution is -0.121. The summed E-state index contributed by atoms with van der Waals surface area (Å²) in [7, 11) is 0. The van der Waals surface area contributed by atoms with Gasteiger partial charge in [0.15, 0.2) is 11.5 Å². The molecule has 162 valence electrons. The van der Waals surface area contributed by atoms with Crippen LogP contribution in [-0.4, -0.2) is 46.6 Å². The molecule has 0 fully saturated rings. The van der Waals surface area contributed by atoms with Crippen molar-refractivity contribution >= 4 is 16.8 Å². The molecule has 3 aromatic rings. The van der Waals surface area contributed by atoms with Crippen molar-refractivity contribution in [1.29, 1.82) is 0 Å². The first-order valence-electron chi connectivity index (χ1n) is 9.93. The molecule has 4 rings (SSSR count). The summed E-state index contributed by atoms with van der Waals surface area (Å²) in [5.74, 6) is 1.50. The van der Waals surface area contributed by atoms with Crippen LogP contribution in [0.5, 0.6) is 17.2 Å². The van der Waals surface area contributed by atoms with Crippen LogP contribution in [0.25, 0.3) is 10.9 Å². The number of hydrogen-bond acceptors (Lipinski definition) is 7. The van der Waals surface area contributed by atoms with Gasteiger partial charge < -0.3 is 24.6 Å². The maximum absolute atomic E-state index is 12.6. The van der Waals surface area contributed by atoms with Crippen LogP contribution in [0.2, 0.25) is 0 Å². The van der Waals surface area contributed by atoms with E-state index in [9.17, 15) is 14.7 Å². The highest BCUT2D eigenvalue weighted by Crippen LogP contribution is 2.35. The number of para-hydroxylation sites is 1. The van der Waals surface area contributed by atoms with Crippen molar-refractivity contribution in [2.24, 2.45) is 0 Å². The smallest absolute Gasteiger partial charge is 0.261 e. The topological polar surface area (TPSA) is 112 Å². The minimum absolute atomic E-state index is 0.00727.